The number of benzene rings is 1. The number of rotatable bonds is 2. The molecule has 0 saturated carbocycles. The molecule has 18 heavy (non-hydrogen) atoms. The number of ether oxygens (including phenoxy) is 1. The van der Waals surface area contributed by atoms with Gasteiger partial charge in [0, 0.05) is 9.75 Å². The Labute approximate surface area is 112 Å². The van der Waals surface area contributed by atoms with E-state index in [0.29, 0.717) is 0 Å². The third-order valence-electron chi connectivity index (χ3n) is 3.30. The average molecular weight is 259 g/mol. The molecule has 94 valence electrons. The van der Waals surface area contributed by atoms with Crippen LogP contribution in [0.5, 0.6) is 5.75 Å². The molecule has 1 aromatic carbocycles. The third kappa shape index (κ3) is 1.99. The fraction of sp³-hybridized carbons (Fsp3) is 0.333. The first-order chi connectivity index (χ1) is 8.78. The van der Waals surface area contributed by atoms with Gasteiger partial charge in [-0.05, 0) is 37.1 Å². The number of hydrogen-bond acceptors (Lipinski definition) is 3. The predicted octanol–water partition coefficient (Wildman–Crippen LogP) is 4.16. The summed E-state index contributed by atoms with van der Waals surface area (Å²) < 4.78 is 6.15. The van der Waals surface area contributed by atoms with Gasteiger partial charge in [-0.1, -0.05) is 19.1 Å². The average Bonchev–Trinajstić information content (AvgIpc) is 2.88. The zero-order valence-electron chi connectivity index (χ0n) is 10.7. The van der Waals surface area contributed by atoms with E-state index in [4.69, 9.17) is 4.74 Å². The topological polar surface area (TPSA) is 21.3 Å². The van der Waals surface area contributed by atoms with Gasteiger partial charge in [0.2, 0.25) is 0 Å². The number of para-hydroxylation sites is 1. The van der Waals surface area contributed by atoms with Crippen LogP contribution >= 0.6 is 11.3 Å². The highest BCUT2D eigenvalue weighted by Gasteiger charge is 2.23. The number of fused-ring (bicyclic) bond motifs is 1. The van der Waals surface area contributed by atoms with Gasteiger partial charge in [0.15, 0.2) is 6.10 Å². The molecular formula is C15H17NOS. The number of hydrogen-bond donors (Lipinski definition) is 1. The van der Waals surface area contributed by atoms with Gasteiger partial charge in [-0.15, -0.1) is 11.3 Å². The normalized spacial score (nSPS) is 17.8. The van der Waals surface area contributed by atoms with Crippen LogP contribution in [0.15, 0.2) is 30.3 Å². The summed E-state index contributed by atoms with van der Waals surface area (Å²) in [5.41, 5.74) is 2.30. The molecule has 0 fully saturated rings. The molecule has 0 spiro atoms. The summed E-state index contributed by atoms with van der Waals surface area (Å²) >= 11 is 1.85. The van der Waals surface area contributed by atoms with E-state index < -0.39 is 0 Å². The Bertz CT molecular complexity index is 561. The predicted molar refractivity (Wildman–Crippen MR) is 76.7 cm³/mol. The van der Waals surface area contributed by atoms with Crippen molar-refractivity contribution in [2.24, 2.45) is 0 Å². The van der Waals surface area contributed by atoms with Gasteiger partial charge in [0.05, 0.1) is 12.2 Å². The number of thiophene rings is 1. The van der Waals surface area contributed by atoms with Crippen LogP contribution < -0.4 is 10.1 Å². The SMILES string of the molecule is CCc1ccc(C2CNc3cccc(C)c3O2)s1. The summed E-state index contributed by atoms with van der Waals surface area (Å²) in [6.07, 6.45) is 1.24. The molecule has 0 aliphatic carbocycles. The number of anilines is 1. The van der Waals surface area contributed by atoms with E-state index in [1.54, 1.807) is 0 Å². The first-order valence-electron chi connectivity index (χ1n) is 6.36. The molecular weight excluding hydrogens is 242 g/mol. The second-order valence-corrected chi connectivity index (χ2v) is 5.80. The Morgan fingerprint density at radius 3 is 3.00 bits per heavy atom. The van der Waals surface area contributed by atoms with E-state index in [1.807, 2.05) is 11.3 Å². The molecule has 0 bridgehead atoms. The molecule has 0 radical (unpaired) electrons. The van der Waals surface area contributed by atoms with Crippen LogP contribution in [-0.2, 0) is 6.42 Å². The van der Waals surface area contributed by atoms with E-state index in [0.717, 1.165) is 24.4 Å². The second-order valence-electron chi connectivity index (χ2n) is 4.60. The van der Waals surface area contributed by atoms with Crippen molar-refractivity contribution in [3.63, 3.8) is 0 Å². The molecule has 1 aliphatic rings. The minimum absolute atomic E-state index is 0.142. The summed E-state index contributed by atoms with van der Waals surface area (Å²) in [4.78, 5) is 2.73. The summed E-state index contributed by atoms with van der Waals surface area (Å²) in [7, 11) is 0. The Morgan fingerprint density at radius 2 is 2.22 bits per heavy atom. The molecule has 1 aliphatic heterocycles. The quantitative estimate of drug-likeness (QED) is 0.874. The first kappa shape index (κ1) is 11.6. The van der Waals surface area contributed by atoms with E-state index in [9.17, 15) is 0 Å². The molecule has 3 rings (SSSR count). The molecule has 2 heterocycles. The summed E-state index contributed by atoms with van der Waals surface area (Å²) in [5.74, 6) is 1.00. The van der Waals surface area contributed by atoms with Gasteiger partial charge >= 0.3 is 0 Å². The van der Waals surface area contributed by atoms with Crippen molar-refractivity contribution in [2.75, 3.05) is 11.9 Å². The lowest BCUT2D eigenvalue weighted by molar-refractivity contribution is 0.212. The van der Waals surface area contributed by atoms with Crippen molar-refractivity contribution in [2.45, 2.75) is 26.4 Å². The van der Waals surface area contributed by atoms with Crippen molar-refractivity contribution in [3.8, 4) is 5.75 Å². The van der Waals surface area contributed by atoms with Crippen LogP contribution in [-0.4, -0.2) is 6.54 Å². The standard InChI is InChI=1S/C15H17NOS/c1-3-11-7-8-14(18-11)13-9-16-12-6-4-5-10(2)15(12)17-13/h4-8,13,16H,3,9H2,1-2H3. The van der Waals surface area contributed by atoms with Gasteiger partial charge in [-0.3, -0.25) is 0 Å². The Hall–Kier alpha value is -1.48. The zero-order chi connectivity index (χ0) is 12.5. The maximum atomic E-state index is 6.15. The molecule has 1 N–H and O–H groups in total. The molecule has 1 atom stereocenters. The maximum Gasteiger partial charge on any atom is 0.150 e. The summed E-state index contributed by atoms with van der Waals surface area (Å²) in [6, 6.07) is 10.6. The highest BCUT2D eigenvalue weighted by Crippen LogP contribution is 2.38. The van der Waals surface area contributed by atoms with Crippen molar-refractivity contribution in [1.82, 2.24) is 0 Å². The van der Waals surface area contributed by atoms with Gasteiger partial charge < -0.3 is 10.1 Å². The maximum absolute atomic E-state index is 6.15. The van der Waals surface area contributed by atoms with Crippen molar-refractivity contribution in [1.29, 1.82) is 0 Å². The van der Waals surface area contributed by atoms with Crippen molar-refractivity contribution >= 4 is 17.0 Å². The van der Waals surface area contributed by atoms with E-state index in [2.05, 4.69) is 49.5 Å². The Balaban J connectivity index is 1.88. The van der Waals surface area contributed by atoms with Gasteiger partial charge in [-0.2, -0.15) is 0 Å². The first-order valence-corrected chi connectivity index (χ1v) is 7.18. The van der Waals surface area contributed by atoms with E-state index in [1.165, 1.54) is 15.3 Å². The fourth-order valence-corrected chi connectivity index (χ4v) is 3.23. The molecule has 0 saturated heterocycles. The number of nitrogens with one attached hydrogen (secondary N) is 1. The van der Waals surface area contributed by atoms with Gasteiger partial charge in [0.25, 0.3) is 0 Å². The van der Waals surface area contributed by atoms with Crippen LogP contribution in [0.3, 0.4) is 0 Å². The van der Waals surface area contributed by atoms with Crippen LogP contribution in [0, 0.1) is 6.92 Å². The van der Waals surface area contributed by atoms with Crippen LogP contribution in [0.1, 0.15) is 28.3 Å². The van der Waals surface area contributed by atoms with Gasteiger partial charge in [0.1, 0.15) is 5.75 Å². The Kier molecular flexibility index (Phi) is 3.00. The smallest absolute Gasteiger partial charge is 0.150 e. The zero-order valence-corrected chi connectivity index (χ0v) is 11.5. The monoisotopic (exact) mass is 259 g/mol. The lowest BCUT2D eigenvalue weighted by Gasteiger charge is -2.27. The molecule has 2 aromatic rings. The molecule has 0 amide bonds. The lowest BCUT2D eigenvalue weighted by atomic mass is 10.1. The van der Waals surface area contributed by atoms with Crippen LogP contribution in [0.25, 0.3) is 0 Å². The minimum atomic E-state index is 0.142. The van der Waals surface area contributed by atoms with Gasteiger partial charge in [-0.25, -0.2) is 0 Å². The van der Waals surface area contributed by atoms with Crippen LogP contribution in [0.4, 0.5) is 5.69 Å². The fourth-order valence-electron chi connectivity index (χ4n) is 2.25. The molecule has 1 unspecified atom stereocenters. The van der Waals surface area contributed by atoms with Crippen molar-refractivity contribution in [3.05, 3.63) is 45.6 Å². The second kappa shape index (κ2) is 4.65. The van der Waals surface area contributed by atoms with E-state index >= 15 is 0 Å². The lowest BCUT2D eigenvalue weighted by Crippen LogP contribution is -2.23. The Morgan fingerprint density at radius 1 is 1.33 bits per heavy atom. The van der Waals surface area contributed by atoms with E-state index in [-0.39, 0.29) is 6.10 Å². The van der Waals surface area contributed by atoms with Crippen LogP contribution in [0.2, 0.25) is 0 Å². The van der Waals surface area contributed by atoms with Crippen molar-refractivity contribution < 1.29 is 4.74 Å². The minimum Gasteiger partial charge on any atom is -0.481 e. The summed E-state index contributed by atoms with van der Waals surface area (Å²) in [6.45, 7) is 5.13. The highest BCUT2D eigenvalue weighted by atomic mass is 32.1. The molecule has 2 nitrogen and oxygen atoms in total. The molecule has 1 aromatic heterocycles. The summed E-state index contributed by atoms with van der Waals surface area (Å²) in [5, 5.41) is 3.46. The molecule has 3 heteroatoms. The third-order valence-corrected chi connectivity index (χ3v) is 4.62. The largest absolute Gasteiger partial charge is 0.481 e. The number of aryl methyl sites for hydroxylation is 2. The highest BCUT2D eigenvalue weighted by molar-refractivity contribution is 7.12.